The molecule has 0 aromatic heterocycles. The molecule has 2 atom stereocenters. The molecule has 0 aliphatic carbocycles. The number of piperidine rings is 1. The molecular weight excluding hydrogens is 295 g/mol. The average molecular weight is 313 g/mol. The molecule has 0 amide bonds. The first-order chi connectivity index (χ1) is 8.74. The van der Waals surface area contributed by atoms with E-state index in [9.17, 15) is 4.39 Å². The zero-order valence-electron chi connectivity index (χ0n) is 10.3. The molecule has 2 aliphatic heterocycles. The number of hydrogen-bond acceptors (Lipinski definition) is 2. The lowest BCUT2D eigenvalue weighted by atomic mass is 9.99. The van der Waals surface area contributed by atoms with E-state index in [2.05, 4.69) is 26.1 Å². The molecule has 0 spiro atoms. The molecular formula is C14H18BrFN2. The molecule has 98 valence electrons. The second-order valence-electron chi connectivity index (χ2n) is 5.26. The zero-order valence-corrected chi connectivity index (χ0v) is 11.9. The number of benzene rings is 1. The second-order valence-corrected chi connectivity index (χ2v) is 6.12. The standard InChI is InChI=1S/C14H18BrFN2/c15-11-9-10(16)4-5-12(11)17-13-6-8-18-7-2-1-3-14(13)18/h4-5,9,13-14,17H,1-3,6-8H2. The Morgan fingerprint density at radius 2 is 2.11 bits per heavy atom. The minimum atomic E-state index is -0.196. The van der Waals surface area contributed by atoms with E-state index >= 15 is 0 Å². The third-order valence-electron chi connectivity index (χ3n) is 4.13. The molecule has 4 heteroatoms. The Morgan fingerprint density at radius 3 is 2.94 bits per heavy atom. The van der Waals surface area contributed by atoms with Crippen molar-refractivity contribution in [2.45, 2.75) is 37.8 Å². The van der Waals surface area contributed by atoms with Gasteiger partial charge >= 0.3 is 0 Å². The minimum Gasteiger partial charge on any atom is -0.380 e. The highest BCUT2D eigenvalue weighted by molar-refractivity contribution is 9.10. The van der Waals surface area contributed by atoms with Crippen molar-refractivity contribution < 1.29 is 4.39 Å². The van der Waals surface area contributed by atoms with Crippen LogP contribution in [-0.4, -0.2) is 30.1 Å². The van der Waals surface area contributed by atoms with Gasteiger partial charge in [-0.25, -0.2) is 4.39 Å². The smallest absolute Gasteiger partial charge is 0.124 e. The average Bonchev–Trinajstić information content (AvgIpc) is 2.76. The highest BCUT2D eigenvalue weighted by Gasteiger charge is 2.35. The number of rotatable bonds is 2. The maximum Gasteiger partial charge on any atom is 0.124 e. The topological polar surface area (TPSA) is 15.3 Å². The number of nitrogens with zero attached hydrogens (tertiary/aromatic N) is 1. The first-order valence-electron chi connectivity index (χ1n) is 6.70. The van der Waals surface area contributed by atoms with Crippen molar-refractivity contribution in [1.29, 1.82) is 0 Å². The number of anilines is 1. The molecule has 2 saturated heterocycles. The molecule has 0 radical (unpaired) electrons. The van der Waals surface area contributed by atoms with Gasteiger partial charge in [-0.05, 0) is 59.9 Å². The molecule has 2 heterocycles. The van der Waals surface area contributed by atoms with Crippen molar-refractivity contribution in [3.63, 3.8) is 0 Å². The maximum absolute atomic E-state index is 13.1. The van der Waals surface area contributed by atoms with Crippen LogP contribution in [0.1, 0.15) is 25.7 Å². The summed E-state index contributed by atoms with van der Waals surface area (Å²) in [6.07, 6.45) is 5.15. The first kappa shape index (κ1) is 12.4. The van der Waals surface area contributed by atoms with Gasteiger partial charge in [-0.15, -0.1) is 0 Å². The van der Waals surface area contributed by atoms with Crippen LogP contribution < -0.4 is 5.32 Å². The summed E-state index contributed by atoms with van der Waals surface area (Å²) in [7, 11) is 0. The van der Waals surface area contributed by atoms with Crippen LogP contribution in [0, 0.1) is 5.82 Å². The first-order valence-corrected chi connectivity index (χ1v) is 7.49. The lowest BCUT2D eigenvalue weighted by Crippen LogP contribution is -2.41. The molecule has 2 fully saturated rings. The third kappa shape index (κ3) is 2.41. The molecule has 2 aliphatic rings. The van der Waals surface area contributed by atoms with E-state index in [1.54, 1.807) is 0 Å². The summed E-state index contributed by atoms with van der Waals surface area (Å²) in [5, 5.41) is 3.58. The van der Waals surface area contributed by atoms with Gasteiger partial charge in [-0.3, -0.25) is 4.90 Å². The van der Waals surface area contributed by atoms with Gasteiger partial charge in [0.05, 0.1) is 0 Å². The lowest BCUT2D eigenvalue weighted by molar-refractivity contribution is 0.193. The lowest BCUT2D eigenvalue weighted by Gasteiger charge is -2.33. The van der Waals surface area contributed by atoms with Crippen LogP contribution >= 0.6 is 15.9 Å². The van der Waals surface area contributed by atoms with Gasteiger partial charge in [0.2, 0.25) is 0 Å². The van der Waals surface area contributed by atoms with Crippen molar-refractivity contribution in [1.82, 2.24) is 4.90 Å². The summed E-state index contributed by atoms with van der Waals surface area (Å²) < 4.78 is 13.9. The van der Waals surface area contributed by atoms with Gasteiger partial charge in [0.25, 0.3) is 0 Å². The summed E-state index contributed by atoms with van der Waals surface area (Å²) in [5.74, 6) is -0.196. The van der Waals surface area contributed by atoms with Gasteiger partial charge < -0.3 is 5.32 Å². The molecule has 1 N–H and O–H groups in total. The Hall–Kier alpha value is -0.610. The van der Waals surface area contributed by atoms with E-state index < -0.39 is 0 Å². The van der Waals surface area contributed by atoms with Crippen LogP contribution in [0.5, 0.6) is 0 Å². The summed E-state index contributed by atoms with van der Waals surface area (Å²) in [4.78, 5) is 2.60. The van der Waals surface area contributed by atoms with Crippen LogP contribution in [0.15, 0.2) is 22.7 Å². The van der Waals surface area contributed by atoms with Gasteiger partial charge in [0, 0.05) is 28.8 Å². The molecule has 3 rings (SSSR count). The van der Waals surface area contributed by atoms with Gasteiger partial charge in [0.1, 0.15) is 5.82 Å². The number of halogens is 2. The van der Waals surface area contributed by atoms with Crippen LogP contribution in [-0.2, 0) is 0 Å². The summed E-state index contributed by atoms with van der Waals surface area (Å²) in [6, 6.07) is 6.03. The van der Waals surface area contributed by atoms with Gasteiger partial charge in [-0.1, -0.05) is 6.42 Å². The summed E-state index contributed by atoms with van der Waals surface area (Å²) in [6.45, 7) is 2.44. The van der Waals surface area contributed by atoms with E-state index in [0.717, 1.165) is 10.2 Å². The van der Waals surface area contributed by atoms with E-state index in [1.165, 1.54) is 50.9 Å². The Labute approximate surface area is 116 Å². The van der Waals surface area contributed by atoms with Crippen molar-refractivity contribution in [3.05, 3.63) is 28.5 Å². The third-order valence-corrected chi connectivity index (χ3v) is 4.78. The fourth-order valence-electron chi connectivity index (χ4n) is 3.22. The molecule has 0 bridgehead atoms. The Bertz CT molecular complexity index is 438. The molecule has 1 aromatic rings. The molecule has 18 heavy (non-hydrogen) atoms. The predicted octanol–water partition coefficient (Wildman–Crippen LogP) is 3.63. The Morgan fingerprint density at radius 1 is 1.22 bits per heavy atom. The molecule has 1 aromatic carbocycles. The van der Waals surface area contributed by atoms with E-state index in [4.69, 9.17) is 0 Å². The minimum absolute atomic E-state index is 0.196. The van der Waals surface area contributed by atoms with Crippen LogP contribution in [0.2, 0.25) is 0 Å². The van der Waals surface area contributed by atoms with Crippen molar-refractivity contribution in [2.24, 2.45) is 0 Å². The summed E-state index contributed by atoms with van der Waals surface area (Å²) in [5.41, 5.74) is 1.01. The highest BCUT2D eigenvalue weighted by atomic mass is 79.9. The van der Waals surface area contributed by atoms with Gasteiger partial charge in [0.15, 0.2) is 0 Å². The predicted molar refractivity (Wildman–Crippen MR) is 75.3 cm³/mol. The second kappa shape index (κ2) is 5.17. The van der Waals surface area contributed by atoms with E-state index in [1.807, 2.05) is 6.07 Å². The van der Waals surface area contributed by atoms with Crippen LogP contribution in [0.3, 0.4) is 0 Å². The number of hydrogen-bond donors (Lipinski definition) is 1. The number of fused-ring (bicyclic) bond motifs is 1. The van der Waals surface area contributed by atoms with E-state index in [0.29, 0.717) is 12.1 Å². The fraction of sp³-hybridized carbons (Fsp3) is 0.571. The Kier molecular flexibility index (Phi) is 3.57. The van der Waals surface area contributed by atoms with Gasteiger partial charge in [-0.2, -0.15) is 0 Å². The largest absolute Gasteiger partial charge is 0.380 e. The van der Waals surface area contributed by atoms with Crippen molar-refractivity contribution in [3.8, 4) is 0 Å². The highest BCUT2D eigenvalue weighted by Crippen LogP contribution is 2.31. The maximum atomic E-state index is 13.1. The fourth-order valence-corrected chi connectivity index (χ4v) is 3.69. The molecule has 2 unspecified atom stereocenters. The quantitative estimate of drug-likeness (QED) is 0.897. The monoisotopic (exact) mass is 312 g/mol. The zero-order chi connectivity index (χ0) is 12.5. The van der Waals surface area contributed by atoms with E-state index in [-0.39, 0.29) is 5.82 Å². The molecule has 2 nitrogen and oxygen atoms in total. The SMILES string of the molecule is Fc1ccc(NC2CCN3CCCCC23)c(Br)c1. The van der Waals surface area contributed by atoms with Crippen LogP contribution in [0.25, 0.3) is 0 Å². The van der Waals surface area contributed by atoms with Crippen LogP contribution in [0.4, 0.5) is 10.1 Å². The number of nitrogens with one attached hydrogen (secondary N) is 1. The van der Waals surface area contributed by atoms with Crippen molar-refractivity contribution >= 4 is 21.6 Å². The normalized spacial score (nSPS) is 28.1. The summed E-state index contributed by atoms with van der Waals surface area (Å²) >= 11 is 3.43. The Balaban J connectivity index is 1.72. The van der Waals surface area contributed by atoms with Crippen molar-refractivity contribution in [2.75, 3.05) is 18.4 Å². The molecule has 0 saturated carbocycles.